The lowest BCUT2D eigenvalue weighted by molar-refractivity contribution is -0.146. The number of Topliss-reactive ketones (excluding diaryl/α,β-unsaturated/α-hetero) is 2. The van der Waals surface area contributed by atoms with E-state index >= 15 is 0 Å². The number of carbonyl (C=O) groups is 2. The van der Waals surface area contributed by atoms with Crippen molar-refractivity contribution >= 4 is 21.7 Å². The summed E-state index contributed by atoms with van der Waals surface area (Å²) in [5.41, 5.74) is -2.85. The summed E-state index contributed by atoms with van der Waals surface area (Å²) in [5, 5.41) is -3.93. The van der Waals surface area contributed by atoms with Crippen LogP contribution < -0.4 is 0 Å². The number of hydrogen-bond donors (Lipinski definition) is 1. The van der Waals surface area contributed by atoms with Crippen molar-refractivity contribution in [2.75, 3.05) is 0 Å². The lowest BCUT2D eigenvalue weighted by Gasteiger charge is -2.31. The van der Waals surface area contributed by atoms with E-state index in [9.17, 15) is 22.4 Å². The predicted octanol–water partition coefficient (Wildman–Crippen LogP) is 1.77. The molecular weight excluding hydrogens is 263 g/mol. The van der Waals surface area contributed by atoms with Crippen molar-refractivity contribution in [2.45, 2.75) is 46.5 Å². The van der Waals surface area contributed by atoms with Crippen molar-refractivity contribution in [1.29, 1.82) is 0 Å². The highest BCUT2D eigenvalue weighted by molar-refractivity contribution is 7.88. The fourth-order valence-electron chi connectivity index (χ4n) is 1.30. The van der Waals surface area contributed by atoms with Crippen molar-refractivity contribution < 1.29 is 27.0 Å². The zero-order valence-electron chi connectivity index (χ0n) is 11.4. The highest BCUT2D eigenvalue weighted by atomic mass is 32.2. The van der Waals surface area contributed by atoms with Crippen molar-refractivity contribution in [1.82, 2.24) is 0 Å². The number of alkyl halides is 1. The molecule has 106 valence electrons. The molecule has 0 aliphatic heterocycles. The van der Waals surface area contributed by atoms with Gasteiger partial charge in [-0.05, 0) is 0 Å². The quantitative estimate of drug-likeness (QED) is 0.629. The second-order valence-electron chi connectivity index (χ2n) is 6.23. The molecule has 0 aromatic heterocycles. The predicted molar refractivity (Wildman–Crippen MR) is 64.3 cm³/mol. The maximum atomic E-state index is 14.5. The van der Waals surface area contributed by atoms with Crippen LogP contribution in [-0.2, 0) is 19.7 Å². The average Bonchev–Trinajstić information content (AvgIpc) is 2.09. The van der Waals surface area contributed by atoms with Crippen LogP contribution in [0.15, 0.2) is 0 Å². The van der Waals surface area contributed by atoms with Gasteiger partial charge in [-0.25, -0.2) is 4.39 Å². The standard InChI is InChI=1S/C11H19FO5S/c1-9(2,3)7(13)11(12,18(15,16)17)8(14)10(4,5)6/h1-6H3,(H,15,16,17). The van der Waals surface area contributed by atoms with E-state index < -0.39 is 37.5 Å². The van der Waals surface area contributed by atoms with E-state index in [-0.39, 0.29) is 0 Å². The van der Waals surface area contributed by atoms with Gasteiger partial charge in [-0.2, -0.15) is 8.42 Å². The Morgan fingerprint density at radius 1 is 0.889 bits per heavy atom. The second kappa shape index (κ2) is 4.38. The summed E-state index contributed by atoms with van der Waals surface area (Å²) >= 11 is 0. The second-order valence-corrected chi connectivity index (χ2v) is 7.74. The van der Waals surface area contributed by atoms with Crippen molar-refractivity contribution in [3.8, 4) is 0 Å². The Balaban J connectivity index is 6.13. The van der Waals surface area contributed by atoms with Crippen LogP contribution in [-0.4, -0.2) is 29.5 Å². The summed E-state index contributed by atoms with van der Waals surface area (Å²) in [6.45, 7) is 7.61. The number of halogens is 1. The van der Waals surface area contributed by atoms with Gasteiger partial charge in [0.05, 0.1) is 0 Å². The van der Waals surface area contributed by atoms with Crippen molar-refractivity contribution in [3.63, 3.8) is 0 Å². The molecule has 0 atom stereocenters. The third-order valence-electron chi connectivity index (χ3n) is 2.30. The monoisotopic (exact) mass is 282 g/mol. The van der Waals surface area contributed by atoms with Gasteiger partial charge in [-0.15, -0.1) is 0 Å². The van der Waals surface area contributed by atoms with Crippen LogP contribution in [0.4, 0.5) is 4.39 Å². The first-order valence-corrected chi connectivity index (χ1v) is 6.76. The summed E-state index contributed by atoms with van der Waals surface area (Å²) in [6, 6.07) is 0. The molecule has 0 aromatic rings. The van der Waals surface area contributed by atoms with Crippen molar-refractivity contribution in [3.05, 3.63) is 0 Å². The normalized spacial score (nSPS) is 14.4. The zero-order chi connectivity index (χ0) is 15.2. The largest absolute Gasteiger partial charge is 0.350 e. The Morgan fingerprint density at radius 3 is 1.22 bits per heavy atom. The lowest BCUT2D eigenvalue weighted by Crippen LogP contribution is -2.57. The highest BCUT2D eigenvalue weighted by Gasteiger charge is 2.62. The molecule has 0 amide bonds. The molecule has 0 radical (unpaired) electrons. The zero-order valence-corrected chi connectivity index (χ0v) is 12.2. The van der Waals surface area contributed by atoms with E-state index in [1.807, 2.05) is 0 Å². The molecule has 0 rings (SSSR count). The SMILES string of the molecule is CC(C)(C)C(=O)C(F)(C(=O)C(C)(C)C)S(=O)(=O)O. The molecular formula is C11H19FO5S. The van der Waals surface area contributed by atoms with E-state index in [1.165, 1.54) is 41.5 Å². The summed E-state index contributed by atoms with van der Waals surface area (Å²) < 4.78 is 45.8. The molecule has 0 bridgehead atoms. The Morgan fingerprint density at radius 2 is 1.11 bits per heavy atom. The number of ketones is 2. The molecule has 0 aliphatic rings. The summed E-state index contributed by atoms with van der Waals surface area (Å²) in [6.07, 6.45) is 0. The van der Waals surface area contributed by atoms with E-state index in [1.54, 1.807) is 0 Å². The smallest absolute Gasteiger partial charge is 0.294 e. The molecule has 0 unspecified atom stereocenters. The first-order chi connectivity index (χ1) is 7.56. The molecule has 5 nitrogen and oxygen atoms in total. The van der Waals surface area contributed by atoms with Crippen LogP contribution in [0, 0.1) is 10.8 Å². The van der Waals surface area contributed by atoms with Crippen molar-refractivity contribution in [2.24, 2.45) is 10.8 Å². The van der Waals surface area contributed by atoms with Crippen LogP contribution in [0.2, 0.25) is 0 Å². The van der Waals surface area contributed by atoms with Crippen LogP contribution >= 0.6 is 0 Å². The summed E-state index contributed by atoms with van der Waals surface area (Å²) in [5.74, 6) is -2.95. The Hall–Kier alpha value is -0.820. The van der Waals surface area contributed by atoms with E-state index in [4.69, 9.17) is 4.55 Å². The van der Waals surface area contributed by atoms with Crippen LogP contribution in [0.1, 0.15) is 41.5 Å². The topological polar surface area (TPSA) is 88.5 Å². The Bertz CT molecular complexity index is 439. The fraction of sp³-hybridized carbons (Fsp3) is 0.818. The minimum Gasteiger partial charge on any atom is -0.294 e. The molecule has 0 saturated carbocycles. The first-order valence-electron chi connectivity index (χ1n) is 5.32. The molecule has 0 saturated heterocycles. The van der Waals surface area contributed by atoms with E-state index in [2.05, 4.69) is 0 Å². The molecule has 7 heteroatoms. The minimum atomic E-state index is -5.49. The Kier molecular flexibility index (Phi) is 4.18. The first kappa shape index (κ1) is 17.2. The van der Waals surface area contributed by atoms with Crippen LogP contribution in [0.3, 0.4) is 0 Å². The number of carbonyl (C=O) groups excluding carboxylic acids is 2. The average molecular weight is 282 g/mol. The molecule has 0 spiro atoms. The third kappa shape index (κ3) is 2.95. The van der Waals surface area contributed by atoms with Gasteiger partial charge in [-0.1, -0.05) is 41.5 Å². The van der Waals surface area contributed by atoms with E-state index in [0.717, 1.165) is 0 Å². The van der Waals surface area contributed by atoms with Crippen LogP contribution in [0.5, 0.6) is 0 Å². The third-order valence-corrected chi connectivity index (χ3v) is 3.38. The maximum Gasteiger partial charge on any atom is 0.350 e. The number of hydrogen-bond acceptors (Lipinski definition) is 4. The van der Waals surface area contributed by atoms with Gasteiger partial charge in [-0.3, -0.25) is 14.1 Å². The Labute approximate surface area is 107 Å². The molecule has 18 heavy (non-hydrogen) atoms. The minimum absolute atomic E-state index is 1.27. The van der Waals surface area contributed by atoms with Gasteiger partial charge >= 0.3 is 15.1 Å². The highest BCUT2D eigenvalue weighted by Crippen LogP contribution is 2.36. The van der Waals surface area contributed by atoms with Gasteiger partial charge in [0, 0.05) is 10.8 Å². The lowest BCUT2D eigenvalue weighted by atomic mass is 9.80. The molecule has 0 heterocycles. The van der Waals surface area contributed by atoms with Gasteiger partial charge in [0.15, 0.2) is 0 Å². The molecule has 0 aliphatic carbocycles. The fourth-order valence-corrected chi connectivity index (χ4v) is 2.38. The van der Waals surface area contributed by atoms with Gasteiger partial charge in [0.2, 0.25) is 11.6 Å². The van der Waals surface area contributed by atoms with Gasteiger partial charge < -0.3 is 0 Å². The molecule has 1 N–H and O–H groups in total. The number of rotatable bonds is 3. The maximum absolute atomic E-state index is 14.5. The summed E-state index contributed by atoms with van der Waals surface area (Å²) in [7, 11) is -5.49. The van der Waals surface area contributed by atoms with E-state index in [0.29, 0.717) is 0 Å². The van der Waals surface area contributed by atoms with Gasteiger partial charge in [0.25, 0.3) is 0 Å². The molecule has 0 fully saturated rings. The molecule has 0 aromatic carbocycles. The van der Waals surface area contributed by atoms with Gasteiger partial charge in [0.1, 0.15) is 0 Å². The summed E-state index contributed by atoms with van der Waals surface area (Å²) in [4.78, 5) is 23.8. The van der Waals surface area contributed by atoms with Crippen LogP contribution in [0.25, 0.3) is 0 Å².